The van der Waals surface area contributed by atoms with Crippen LogP contribution in [0.4, 0.5) is 5.69 Å². The van der Waals surface area contributed by atoms with Crippen molar-refractivity contribution in [2.75, 3.05) is 37.6 Å². The second kappa shape index (κ2) is 8.71. The van der Waals surface area contributed by atoms with E-state index in [1.165, 1.54) is 5.56 Å². The standard InChI is InChI=1S/C28H29N5O3/c1-28-12-11-24(34)33(28)23-10-3-2-9-22(23)27(36)32(28)19-25(35)31-16-14-30(15-17-31)18-21-7-4-6-20-8-5-13-29-26(20)21/h2-10,13H,11-12,14-19H2,1H3. The molecule has 0 aliphatic carbocycles. The lowest BCUT2D eigenvalue weighted by atomic mass is 9.98. The van der Waals surface area contributed by atoms with Crippen molar-refractivity contribution in [3.05, 3.63) is 71.9 Å². The summed E-state index contributed by atoms with van der Waals surface area (Å²) in [5, 5.41) is 1.13. The van der Waals surface area contributed by atoms with Crippen molar-refractivity contribution < 1.29 is 14.4 Å². The largest absolute Gasteiger partial charge is 0.339 e. The zero-order valence-corrected chi connectivity index (χ0v) is 20.4. The van der Waals surface area contributed by atoms with Crippen LogP contribution < -0.4 is 4.90 Å². The highest BCUT2D eigenvalue weighted by Gasteiger charge is 2.53. The van der Waals surface area contributed by atoms with Crippen LogP contribution in [0.5, 0.6) is 0 Å². The van der Waals surface area contributed by atoms with Gasteiger partial charge in [-0.1, -0.05) is 36.4 Å². The lowest BCUT2D eigenvalue weighted by Gasteiger charge is -2.49. The van der Waals surface area contributed by atoms with Crippen LogP contribution in [0.2, 0.25) is 0 Å². The molecule has 3 amide bonds. The van der Waals surface area contributed by atoms with Crippen LogP contribution in [0.3, 0.4) is 0 Å². The minimum Gasteiger partial charge on any atom is -0.339 e. The van der Waals surface area contributed by atoms with Crippen LogP contribution >= 0.6 is 0 Å². The minimum atomic E-state index is -0.818. The van der Waals surface area contributed by atoms with Gasteiger partial charge in [-0.25, -0.2) is 0 Å². The summed E-state index contributed by atoms with van der Waals surface area (Å²) in [7, 11) is 0. The molecular formula is C28H29N5O3. The lowest BCUT2D eigenvalue weighted by molar-refractivity contribution is -0.135. The Bertz CT molecular complexity index is 1360. The Morgan fingerprint density at radius 2 is 1.75 bits per heavy atom. The fourth-order valence-corrected chi connectivity index (χ4v) is 5.87. The van der Waals surface area contributed by atoms with Gasteiger partial charge in [0, 0.05) is 50.7 Å². The predicted octanol–water partition coefficient (Wildman–Crippen LogP) is 2.88. The van der Waals surface area contributed by atoms with Crippen molar-refractivity contribution >= 4 is 34.3 Å². The van der Waals surface area contributed by atoms with Crippen LogP contribution in [-0.2, 0) is 16.1 Å². The van der Waals surface area contributed by atoms with Gasteiger partial charge in [0.15, 0.2) is 0 Å². The molecule has 2 aromatic carbocycles. The fraction of sp³-hybridized carbons (Fsp3) is 0.357. The van der Waals surface area contributed by atoms with Gasteiger partial charge in [0.1, 0.15) is 12.2 Å². The molecule has 2 fully saturated rings. The zero-order valence-electron chi connectivity index (χ0n) is 20.4. The van der Waals surface area contributed by atoms with Crippen molar-refractivity contribution in [1.29, 1.82) is 0 Å². The SMILES string of the molecule is CC12CCC(=O)N1c1ccccc1C(=O)N2CC(=O)N1CCN(Cc2cccc3cccnc23)CC1. The van der Waals surface area contributed by atoms with Gasteiger partial charge >= 0.3 is 0 Å². The van der Waals surface area contributed by atoms with Gasteiger partial charge in [-0.3, -0.25) is 29.2 Å². The molecule has 3 aliphatic heterocycles. The molecular weight excluding hydrogens is 454 g/mol. The average molecular weight is 484 g/mol. The number of hydrogen-bond acceptors (Lipinski definition) is 5. The highest BCUT2D eigenvalue weighted by molar-refractivity contribution is 6.11. The van der Waals surface area contributed by atoms with E-state index in [1.54, 1.807) is 21.9 Å². The number of pyridine rings is 1. The summed E-state index contributed by atoms with van der Waals surface area (Å²) in [6.45, 7) is 5.38. The Hall–Kier alpha value is -3.78. The van der Waals surface area contributed by atoms with E-state index in [0.29, 0.717) is 37.2 Å². The van der Waals surface area contributed by atoms with Crippen molar-refractivity contribution in [2.45, 2.75) is 32.0 Å². The van der Waals surface area contributed by atoms with E-state index >= 15 is 0 Å². The van der Waals surface area contributed by atoms with Gasteiger partial charge in [0.2, 0.25) is 11.8 Å². The molecule has 8 nitrogen and oxygen atoms in total. The van der Waals surface area contributed by atoms with Gasteiger partial charge in [0.25, 0.3) is 5.91 Å². The maximum Gasteiger partial charge on any atom is 0.258 e. The van der Waals surface area contributed by atoms with Gasteiger partial charge in [-0.05, 0) is 37.1 Å². The second-order valence-electron chi connectivity index (χ2n) is 10.0. The molecule has 1 aromatic heterocycles. The summed E-state index contributed by atoms with van der Waals surface area (Å²) in [5.41, 5.74) is 2.51. The molecule has 0 radical (unpaired) electrons. The molecule has 8 heteroatoms. The molecule has 1 atom stereocenters. The molecule has 0 N–H and O–H groups in total. The highest BCUT2D eigenvalue weighted by atomic mass is 16.2. The number of anilines is 1. The second-order valence-corrected chi connectivity index (χ2v) is 10.0. The molecule has 2 saturated heterocycles. The summed E-state index contributed by atoms with van der Waals surface area (Å²) >= 11 is 0. The minimum absolute atomic E-state index is 0.00793. The summed E-state index contributed by atoms with van der Waals surface area (Å²) in [6.07, 6.45) is 2.71. The monoisotopic (exact) mass is 483 g/mol. The molecule has 1 unspecified atom stereocenters. The van der Waals surface area contributed by atoms with Crippen molar-refractivity contribution in [1.82, 2.24) is 19.7 Å². The van der Waals surface area contributed by atoms with E-state index in [9.17, 15) is 14.4 Å². The highest BCUT2D eigenvalue weighted by Crippen LogP contribution is 2.43. The van der Waals surface area contributed by atoms with Gasteiger partial charge in [-0.15, -0.1) is 0 Å². The van der Waals surface area contributed by atoms with Crippen molar-refractivity contribution in [3.63, 3.8) is 0 Å². The number of piperazine rings is 1. The number of fused-ring (bicyclic) bond motifs is 4. The first kappa shape index (κ1) is 22.7. The third-order valence-electron chi connectivity index (χ3n) is 7.87. The number of amides is 3. The Morgan fingerprint density at radius 3 is 2.58 bits per heavy atom. The Morgan fingerprint density at radius 1 is 0.972 bits per heavy atom. The van der Waals surface area contributed by atoms with Crippen LogP contribution in [0.25, 0.3) is 10.9 Å². The van der Waals surface area contributed by atoms with E-state index in [2.05, 4.69) is 34.1 Å². The molecule has 3 aromatic rings. The quantitative estimate of drug-likeness (QED) is 0.570. The van der Waals surface area contributed by atoms with E-state index in [4.69, 9.17) is 0 Å². The Balaban J connectivity index is 1.14. The number of aromatic nitrogens is 1. The van der Waals surface area contributed by atoms with E-state index in [0.717, 1.165) is 30.5 Å². The van der Waals surface area contributed by atoms with Crippen LogP contribution in [0.15, 0.2) is 60.8 Å². The predicted molar refractivity (Wildman–Crippen MR) is 136 cm³/mol. The van der Waals surface area contributed by atoms with E-state index in [-0.39, 0.29) is 24.3 Å². The summed E-state index contributed by atoms with van der Waals surface area (Å²) < 4.78 is 0. The van der Waals surface area contributed by atoms with Crippen LogP contribution in [-0.4, -0.2) is 75.8 Å². The Labute approximate surface area is 210 Å². The Kier molecular flexibility index (Phi) is 5.48. The molecule has 0 saturated carbocycles. The maximum atomic E-state index is 13.5. The van der Waals surface area contributed by atoms with Gasteiger partial charge in [0.05, 0.1) is 16.8 Å². The normalized spacial score (nSPS) is 22.2. The number of rotatable bonds is 4. The first-order chi connectivity index (χ1) is 17.5. The number of hydrogen-bond donors (Lipinski definition) is 0. The first-order valence-electron chi connectivity index (χ1n) is 12.5. The van der Waals surface area contributed by atoms with Gasteiger partial charge < -0.3 is 9.80 Å². The van der Waals surface area contributed by atoms with Crippen molar-refractivity contribution in [2.24, 2.45) is 0 Å². The number of carbonyl (C=O) groups excluding carboxylic acids is 3. The molecule has 6 rings (SSSR count). The zero-order chi connectivity index (χ0) is 24.9. The molecule has 4 heterocycles. The molecule has 0 bridgehead atoms. The third-order valence-corrected chi connectivity index (χ3v) is 7.87. The third kappa shape index (κ3) is 3.64. The van der Waals surface area contributed by atoms with Crippen LogP contribution in [0.1, 0.15) is 35.7 Å². The molecule has 184 valence electrons. The topological polar surface area (TPSA) is 77.1 Å². The first-order valence-corrected chi connectivity index (χ1v) is 12.5. The smallest absolute Gasteiger partial charge is 0.258 e. The number of nitrogens with zero attached hydrogens (tertiary/aromatic N) is 5. The van der Waals surface area contributed by atoms with Crippen LogP contribution in [0, 0.1) is 0 Å². The average Bonchev–Trinajstić information content (AvgIpc) is 3.22. The van der Waals surface area contributed by atoms with E-state index < -0.39 is 5.66 Å². The molecule has 3 aliphatic rings. The summed E-state index contributed by atoms with van der Waals surface area (Å²) in [5.74, 6) is -0.268. The van der Waals surface area contributed by atoms with Crippen molar-refractivity contribution in [3.8, 4) is 0 Å². The fourth-order valence-electron chi connectivity index (χ4n) is 5.87. The molecule has 36 heavy (non-hydrogen) atoms. The molecule has 0 spiro atoms. The number of carbonyl (C=O) groups is 3. The van der Waals surface area contributed by atoms with Gasteiger partial charge in [-0.2, -0.15) is 0 Å². The maximum absolute atomic E-state index is 13.5. The summed E-state index contributed by atoms with van der Waals surface area (Å²) in [4.78, 5) is 51.7. The lowest BCUT2D eigenvalue weighted by Crippen LogP contribution is -2.64. The van der Waals surface area contributed by atoms with E-state index in [1.807, 2.05) is 36.2 Å². The number of benzene rings is 2. The summed E-state index contributed by atoms with van der Waals surface area (Å²) in [6, 6.07) is 17.5. The number of para-hydroxylation sites is 2.